The van der Waals surface area contributed by atoms with Crippen LogP contribution in [0.25, 0.3) is 0 Å². The molecule has 0 aliphatic carbocycles. The number of amides is 1. The number of carbonyl (C=O) groups is 1. The van der Waals surface area contributed by atoms with Crippen LogP contribution in [-0.2, 0) is 11.3 Å². The second kappa shape index (κ2) is 5.14. The first kappa shape index (κ1) is 11.9. The van der Waals surface area contributed by atoms with Crippen LogP contribution in [0.3, 0.4) is 0 Å². The fourth-order valence-corrected chi connectivity index (χ4v) is 2.13. The zero-order chi connectivity index (χ0) is 12.3. The molecule has 2 heterocycles. The molecule has 1 aromatic heterocycles. The summed E-state index contributed by atoms with van der Waals surface area (Å²) in [6.45, 7) is 3.82. The minimum Gasteiger partial charge on any atom is -0.354 e. The van der Waals surface area contributed by atoms with Gasteiger partial charge in [0.15, 0.2) is 0 Å². The Hall–Kier alpha value is -1.62. The fourth-order valence-electron chi connectivity index (χ4n) is 2.13. The lowest BCUT2D eigenvalue weighted by molar-refractivity contribution is -0.119. The van der Waals surface area contributed by atoms with Gasteiger partial charge in [-0.1, -0.05) is 0 Å². The van der Waals surface area contributed by atoms with Crippen molar-refractivity contribution >= 4 is 11.7 Å². The van der Waals surface area contributed by atoms with Crippen molar-refractivity contribution in [3.05, 3.63) is 23.9 Å². The van der Waals surface area contributed by atoms with E-state index in [1.54, 1.807) is 13.1 Å². The topological polar surface area (TPSA) is 71.2 Å². The number of nitrogens with two attached hydrogens (primary N) is 1. The van der Waals surface area contributed by atoms with Crippen molar-refractivity contribution in [2.75, 3.05) is 18.0 Å². The van der Waals surface area contributed by atoms with Crippen LogP contribution >= 0.6 is 0 Å². The first-order chi connectivity index (χ1) is 8.19. The van der Waals surface area contributed by atoms with Gasteiger partial charge in [-0.2, -0.15) is 0 Å². The number of carbonyl (C=O) groups excluding carboxylic acids is 1. The molecule has 1 saturated heterocycles. The molecule has 92 valence electrons. The molecule has 0 spiro atoms. The maximum Gasteiger partial charge on any atom is 0.217 e. The lowest BCUT2D eigenvalue weighted by Crippen LogP contribution is -2.35. The number of pyridine rings is 1. The largest absolute Gasteiger partial charge is 0.354 e. The number of nitrogens with zero attached hydrogens (tertiary/aromatic N) is 2. The summed E-state index contributed by atoms with van der Waals surface area (Å²) in [7, 11) is 0. The van der Waals surface area contributed by atoms with Gasteiger partial charge in [0, 0.05) is 38.8 Å². The van der Waals surface area contributed by atoms with E-state index in [2.05, 4.69) is 15.2 Å². The lowest BCUT2D eigenvalue weighted by atomic mass is 10.2. The van der Waals surface area contributed by atoms with Crippen molar-refractivity contribution in [1.29, 1.82) is 0 Å². The van der Waals surface area contributed by atoms with Gasteiger partial charge in [-0.3, -0.25) is 4.79 Å². The molecule has 1 aromatic rings. The second-order valence-corrected chi connectivity index (χ2v) is 4.36. The molecule has 3 N–H and O–H groups in total. The van der Waals surface area contributed by atoms with Gasteiger partial charge in [0.05, 0.1) is 0 Å². The van der Waals surface area contributed by atoms with E-state index in [0.717, 1.165) is 30.9 Å². The standard InChI is InChI=1S/C12H18N4O/c1-9(17)15-11-3-5-16(8-11)12-6-10(7-13)2-4-14-12/h2,4,6,11H,3,5,7-8,13H2,1H3,(H,15,17). The number of aromatic nitrogens is 1. The number of nitrogens with one attached hydrogen (secondary N) is 1. The third kappa shape index (κ3) is 2.94. The summed E-state index contributed by atoms with van der Waals surface area (Å²) in [5.41, 5.74) is 6.69. The van der Waals surface area contributed by atoms with Crippen molar-refractivity contribution in [1.82, 2.24) is 10.3 Å². The molecule has 17 heavy (non-hydrogen) atoms. The molecule has 0 bridgehead atoms. The minimum atomic E-state index is 0.0283. The van der Waals surface area contributed by atoms with E-state index in [-0.39, 0.29) is 11.9 Å². The van der Waals surface area contributed by atoms with Crippen molar-refractivity contribution in [2.45, 2.75) is 25.9 Å². The van der Waals surface area contributed by atoms with E-state index in [9.17, 15) is 4.79 Å². The molecule has 1 aliphatic rings. The van der Waals surface area contributed by atoms with Crippen LogP contribution in [0.15, 0.2) is 18.3 Å². The highest BCUT2D eigenvalue weighted by Crippen LogP contribution is 2.18. The number of hydrogen-bond donors (Lipinski definition) is 2. The van der Waals surface area contributed by atoms with Crippen LogP contribution in [0, 0.1) is 0 Å². The number of hydrogen-bond acceptors (Lipinski definition) is 4. The van der Waals surface area contributed by atoms with Crippen LogP contribution in [0.2, 0.25) is 0 Å². The van der Waals surface area contributed by atoms with E-state index in [1.807, 2.05) is 12.1 Å². The normalized spacial score (nSPS) is 19.4. The summed E-state index contributed by atoms with van der Waals surface area (Å²) < 4.78 is 0. The molecular formula is C12H18N4O. The van der Waals surface area contributed by atoms with Gasteiger partial charge in [-0.05, 0) is 24.1 Å². The van der Waals surface area contributed by atoms with Gasteiger partial charge in [0.2, 0.25) is 5.91 Å². The Kier molecular flexibility index (Phi) is 3.58. The maximum absolute atomic E-state index is 11.0. The van der Waals surface area contributed by atoms with Gasteiger partial charge >= 0.3 is 0 Å². The Morgan fingerprint density at radius 3 is 3.24 bits per heavy atom. The monoisotopic (exact) mass is 234 g/mol. The highest BCUT2D eigenvalue weighted by molar-refractivity contribution is 5.73. The fraction of sp³-hybridized carbons (Fsp3) is 0.500. The number of anilines is 1. The highest BCUT2D eigenvalue weighted by atomic mass is 16.1. The van der Waals surface area contributed by atoms with Gasteiger partial charge in [-0.25, -0.2) is 4.98 Å². The Labute approximate surface area is 101 Å². The maximum atomic E-state index is 11.0. The molecule has 5 nitrogen and oxygen atoms in total. The van der Waals surface area contributed by atoms with Crippen LogP contribution < -0.4 is 16.0 Å². The summed E-state index contributed by atoms with van der Waals surface area (Å²) in [4.78, 5) is 17.5. The van der Waals surface area contributed by atoms with E-state index < -0.39 is 0 Å². The molecule has 5 heteroatoms. The van der Waals surface area contributed by atoms with E-state index >= 15 is 0 Å². The van der Waals surface area contributed by atoms with Crippen molar-refractivity contribution in [3.63, 3.8) is 0 Å². The predicted octanol–water partition coefficient (Wildman–Crippen LogP) is 0.255. The van der Waals surface area contributed by atoms with E-state index in [0.29, 0.717) is 6.54 Å². The quantitative estimate of drug-likeness (QED) is 0.786. The van der Waals surface area contributed by atoms with Gasteiger partial charge in [0.1, 0.15) is 5.82 Å². The lowest BCUT2D eigenvalue weighted by Gasteiger charge is -2.18. The molecule has 0 radical (unpaired) electrons. The Morgan fingerprint density at radius 1 is 1.71 bits per heavy atom. The van der Waals surface area contributed by atoms with Gasteiger partial charge in [-0.15, -0.1) is 0 Å². The van der Waals surface area contributed by atoms with Crippen LogP contribution in [0.1, 0.15) is 18.9 Å². The molecule has 1 amide bonds. The second-order valence-electron chi connectivity index (χ2n) is 4.36. The molecular weight excluding hydrogens is 216 g/mol. The number of rotatable bonds is 3. The third-order valence-corrected chi connectivity index (χ3v) is 2.97. The van der Waals surface area contributed by atoms with Crippen molar-refractivity contribution in [2.24, 2.45) is 5.73 Å². The molecule has 1 fully saturated rings. The molecule has 1 atom stereocenters. The first-order valence-corrected chi connectivity index (χ1v) is 5.86. The molecule has 2 rings (SSSR count). The van der Waals surface area contributed by atoms with Crippen LogP contribution in [0.5, 0.6) is 0 Å². The Bertz CT molecular complexity index is 407. The summed E-state index contributed by atoms with van der Waals surface area (Å²) in [6.07, 6.45) is 2.75. The minimum absolute atomic E-state index is 0.0283. The predicted molar refractivity (Wildman–Crippen MR) is 66.6 cm³/mol. The summed E-state index contributed by atoms with van der Waals surface area (Å²) in [5.74, 6) is 0.973. The van der Waals surface area contributed by atoms with E-state index in [4.69, 9.17) is 5.73 Å². The smallest absolute Gasteiger partial charge is 0.217 e. The van der Waals surface area contributed by atoms with E-state index in [1.165, 1.54) is 0 Å². The summed E-state index contributed by atoms with van der Waals surface area (Å²) in [5, 5.41) is 2.94. The Balaban J connectivity index is 2.01. The molecule has 1 unspecified atom stereocenters. The van der Waals surface area contributed by atoms with Crippen LogP contribution in [0.4, 0.5) is 5.82 Å². The van der Waals surface area contributed by atoms with Gasteiger partial charge in [0.25, 0.3) is 0 Å². The van der Waals surface area contributed by atoms with Gasteiger partial charge < -0.3 is 16.0 Å². The highest BCUT2D eigenvalue weighted by Gasteiger charge is 2.23. The zero-order valence-corrected chi connectivity index (χ0v) is 10.0. The first-order valence-electron chi connectivity index (χ1n) is 5.86. The van der Waals surface area contributed by atoms with Crippen molar-refractivity contribution < 1.29 is 4.79 Å². The zero-order valence-electron chi connectivity index (χ0n) is 10.0. The molecule has 0 saturated carbocycles. The summed E-state index contributed by atoms with van der Waals surface area (Å²) >= 11 is 0. The molecule has 0 aromatic carbocycles. The average Bonchev–Trinajstić information content (AvgIpc) is 2.77. The average molecular weight is 234 g/mol. The molecule has 1 aliphatic heterocycles. The SMILES string of the molecule is CC(=O)NC1CCN(c2cc(CN)ccn2)C1. The van der Waals surface area contributed by atoms with Crippen LogP contribution in [-0.4, -0.2) is 30.0 Å². The Morgan fingerprint density at radius 2 is 2.53 bits per heavy atom. The van der Waals surface area contributed by atoms with Crippen molar-refractivity contribution in [3.8, 4) is 0 Å². The third-order valence-electron chi connectivity index (χ3n) is 2.97. The summed E-state index contributed by atoms with van der Waals surface area (Å²) in [6, 6.07) is 4.16.